The number of nitrogens with zero attached hydrogens (tertiary/aromatic N) is 2. The topological polar surface area (TPSA) is 67.6 Å². The second-order valence-electron chi connectivity index (χ2n) is 6.95. The van der Waals surface area contributed by atoms with Gasteiger partial charge in [-0.3, -0.25) is 0 Å². The van der Waals surface area contributed by atoms with Gasteiger partial charge in [0.05, 0.1) is 16.9 Å². The molecule has 1 fully saturated rings. The normalized spacial score (nSPS) is 15.9. The number of guanidine groups is 1. The van der Waals surface area contributed by atoms with Crippen molar-refractivity contribution < 1.29 is 31.1 Å². The van der Waals surface area contributed by atoms with Gasteiger partial charge < -0.3 is 30.2 Å². The van der Waals surface area contributed by atoms with E-state index >= 15 is 0 Å². The summed E-state index contributed by atoms with van der Waals surface area (Å²) in [6.45, 7) is 20.1. The Bertz CT molecular complexity index is 636. The van der Waals surface area contributed by atoms with Crippen molar-refractivity contribution in [2.75, 3.05) is 13.1 Å². The van der Waals surface area contributed by atoms with Crippen LogP contribution >= 0.6 is 11.6 Å². The van der Waals surface area contributed by atoms with Crippen LogP contribution in [0.5, 0.6) is 0 Å². The third-order valence-corrected chi connectivity index (χ3v) is 5.02. The van der Waals surface area contributed by atoms with E-state index < -0.39 is 0 Å². The van der Waals surface area contributed by atoms with Gasteiger partial charge in [-0.15, -0.1) is 0 Å². The van der Waals surface area contributed by atoms with Gasteiger partial charge in [-0.1, -0.05) is 76.8 Å². The number of aryl methyl sites for hydroxylation is 1. The van der Waals surface area contributed by atoms with Crippen molar-refractivity contribution in [3.8, 4) is 0 Å². The number of aliphatic imine (C=N–C) groups is 1. The third kappa shape index (κ3) is 10.3. The zero-order chi connectivity index (χ0) is 21.7. The Hall–Kier alpha value is -0.628. The molecule has 29 heavy (non-hydrogen) atoms. The first-order valence-electron chi connectivity index (χ1n) is 10.2. The molecule has 1 aromatic carbocycles. The zero-order valence-corrected chi connectivity index (χ0v) is 23.8. The van der Waals surface area contributed by atoms with Crippen LogP contribution in [-0.4, -0.2) is 23.9 Å². The van der Waals surface area contributed by atoms with E-state index in [1.165, 1.54) is 6.42 Å². The van der Waals surface area contributed by atoms with Gasteiger partial charge in [0.15, 0.2) is 5.96 Å². The number of benzene rings is 1. The fourth-order valence-electron chi connectivity index (χ4n) is 2.62. The van der Waals surface area contributed by atoms with Crippen LogP contribution in [0.25, 0.3) is 5.70 Å². The zero-order valence-electron chi connectivity index (χ0n) is 18.9. The first-order valence-corrected chi connectivity index (χ1v) is 10.6. The standard InChI is InChI=1S/C18H25ClN4.C3H8.C2H6.U/c1-4-18(3)8-10-23(11-9-18)17(21)22-12-15(20)14-7-5-6-13(2)16(14)19;1-3-2;1-2;/h5-7,12H,1,3-4,8-11,20H2,2H3,(H2,21,22);3H2,1-2H3;1-2H3;/q-2;;;+2/b15-12-;;;. The predicted molar refractivity (Wildman–Crippen MR) is 126 cm³/mol. The van der Waals surface area contributed by atoms with Crippen LogP contribution in [0.15, 0.2) is 29.4 Å². The van der Waals surface area contributed by atoms with Crippen molar-refractivity contribution in [1.29, 1.82) is 0 Å². The number of halogens is 1. The summed E-state index contributed by atoms with van der Waals surface area (Å²) in [5.41, 5.74) is 14.5. The molecular formula is C23H39ClN4U. The number of piperidine rings is 1. The SMILES string of the molecule is CC.CCC.[CH2-]CC1([CH2-])CCN(C(N)=N/C=C(\N)c2cccc(C)c2Cl)CC1.[U+2]. The van der Waals surface area contributed by atoms with Crippen molar-refractivity contribution in [2.24, 2.45) is 21.9 Å². The van der Waals surface area contributed by atoms with Crippen LogP contribution in [-0.2, 0) is 0 Å². The number of likely N-dealkylation sites (tertiary alicyclic amines) is 1. The molecule has 6 heteroatoms. The van der Waals surface area contributed by atoms with Crippen molar-refractivity contribution in [3.63, 3.8) is 0 Å². The quantitative estimate of drug-likeness (QED) is 0.248. The summed E-state index contributed by atoms with van der Waals surface area (Å²) in [4.78, 5) is 6.36. The van der Waals surface area contributed by atoms with Gasteiger partial charge in [-0.05, 0) is 12.5 Å². The van der Waals surface area contributed by atoms with Crippen LogP contribution in [0, 0.1) is 57.3 Å². The number of nitrogens with two attached hydrogens (primary N) is 2. The fourth-order valence-corrected chi connectivity index (χ4v) is 2.85. The minimum atomic E-state index is 0. The van der Waals surface area contributed by atoms with E-state index in [2.05, 4.69) is 37.6 Å². The third-order valence-electron chi connectivity index (χ3n) is 4.52. The van der Waals surface area contributed by atoms with Crippen LogP contribution in [0.1, 0.15) is 64.5 Å². The summed E-state index contributed by atoms with van der Waals surface area (Å²) in [5.74, 6) is 0.475. The molecule has 0 unspecified atom stereocenters. The summed E-state index contributed by atoms with van der Waals surface area (Å²) in [7, 11) is 0. The van der Waals surface area contributed by atoms with Gasteiger partial charge in [0.2, 0.25) is 0 Å². The molecule has 0 saturated carbocycles. The number of rotatable bonds is 3. The molecule has 0 bridgehead atoms. The van der Waals surface area contributed by atoms with E-state index in [1.807, 2.05) is 39.0 Å². The average Bonchev–Trinajstić information content (AvgIpc) is 2.70. The first-order chi connectivity index (χ1) is 13.3. The summed E-state index contributed by atoms with van der Waals surface area (Å²) in [6.07, 6.45) is 5.60. The van der Waals surface area contributed by atoms with E-state index in [0.29, 0.717) is 16.7 Å². The summed E-state index contributed by atoms with van der Waals surface area (Å²) in [5, 5.41) is 0.644. The second kappa shape index (κ2) is 16.1. The molecule has 4 N–H and O–H groups in total. The Labute approximate surface area is 207 Å². The molecule has 0 spiro atoms. The Morgan fingerprint density at radius 1 is 1.24 bits per heavy atom. The van der Waals surface area contributed by atoms with E-state index in [0.717, 1.165) is 43.5 Å². The summed E-state index contributed by atoms with van der Waals surface area (Å²) < 4.78 is 0. The number of hydrogen-bond donors (Lipinski definition) is 2. The molecule has 0 aliphatic carbocycles. The van der Waals surface area contributed by atoms with E-state index in [-0.39, 0.29) is 36.5 Å². The van der Waals surface area contributed by atoms with Gasteiger partial charge >= 0.3 is 31.1 Å². The molecule has 2 rings (SSSR count). The Morgan fingerprint density at radius 2 is 1.76 bits per heavy atom. The molecule has 0 aromatic heterocycles. The molecule has 1 aromatic rings. The Kier molecular flexibility index (Phi) is 17.0. The molecule has 4 nitrogen and oxygen atoms in total. The molecule has 0 atom stereocenters. The van der Waals surface area contributed by atoms with Gasteiger partial charge in [-0.2, -0.15) is 5.41 Å². The van der Waals surface area contributed by atoms with Gasteiger partial charge in [0.25, 0.3) is 0 Å². The number of hydrogen-bond acceptors (Lipinski definition) is 2. The molecule has 1 heterocycles. The summed E-state index contributed by atoms with van der Waals surface area (Å²) >= 11 is 6.28. The van der Waals surface area contributed by atoms with Crippen LogP contribution < -0.4 is 11.5 Å². The maximum atomic E-state index is 6.28. The van der Waals surface area contributed by atoms with Crippen LogP contribution in [0.4, 0.5) is 0 Å². The second-order valence-corrected chi connectivity index (χ2v) is 7.33. The van der Waals surface area contributed by atoms with Crippen LogP contribution in [0.3, 0.4) is 0 Å². The molecule has 0 radical (unpaired) electrons. The molecule has 1 saturated heterocycles. The molecule has 0 amide bonds. The van der Waals surface area contributed by atoms with Crippen molar-refractivity contribution in [2.45, 2.75) is 60.3 Å². The van der Waals surface area contributed by atoms with E-state index in [4.69, 9.17) is 23.1 Å². The first kappa shape index (κ1) is 30.6. The van der Waals surface area contributed by atoms with Crippen molar-refractivity contribution >= 4 is 23.3 Å². The largest absolute Gasteiger partial charge is 2.00 e. The fraction of sp³-hybridized carbons (Fsp3) is 0.522. The molecule has 1 aliphatic rings. The Balaban J connectivity index is 0. The van der Waals surface area contributed by atoms with E-state index in [1.54, 1.807) is 6.20 Å². The molecule has 162 valence electrons. The predicted octanol–water partition coefficient (Wildman–Crippen LogP) is 5.80. The average molecular weight is 645 g/mol. The van der Waals surface area contributed by atoms with E-state index in [9.17, 15) is 0 Å². The summed E-state index contributed by atoms with van der Waals surface area (Å²) in [6, 6.07) is 5.73. The smallest absolute Gasteiger partial charge is 0.397 e. The maximum Gasteiger partial charge on any atom is 2.00 e. The monoisotopic (exact) mass is 644 g/mol. The van der Waals surface area contributed by atoms with Crippen LogP contribution in [0.2, 0.25) is 5.02 Å². The Morgan fingerprint density at radius 3 is 2.24 bits per heavy atom. The van der Waals surface area contributed by atoms with Gasteiger partial charge in [0.1, 0.15) is 0 Å². The van der Waals surface area contributed by atoms with Crippen molar-refractivity contribution in [3.05, 3.63) is 54.4 Å². The minimum absolute atomic E-state index is 0. The molecular weight excluding hydrogens is 606 g/mol. The minimum Gasteiger partial charge on any atom is -0.397 e. The molecule has 1 aliphatic heterocycles. The van der Waals surface area contributed by atoms with Gasteiger partial charge in [-0.25, -0.2) is 11.4 Å². The van der Waals surface area contributed by atoms with Crippen molar-refractivity contribution in [1.82, 2.24) is 4.90 Å². The van der Waals surface area contributed by atoms with Gasteiger partial charge in [0, 0.05) is 18.7 Å². The maximum absolute atomic E-state index is 6.28.